The van der Waals surface area contributed by atoms with Crippen molar-refractivity contribution in [3.63, 3.8) is 0 Å². The molecule has 1 aliphatic heterocycles. The van der Waals surface area contributed by atoms with Crippen molar-refractivity contribution in [1.82, 2.24) is 0 Å². The number of hydrogen-bond acceptors (Lipinski definition) is 1. The van der Waals surface area contributed by atoms with Gasteiger partial charge in [-0.25, -0.2) is 0 Å². The molecule has 0 aromatic heterocycles. The van der Waals surface area contributed by atoms with E-state index in [9.17, 15) is 4.79 Å². The van der Waals surface area contributed by atoms with E-state index in [-0.39, 0.29) is 5.91 Å². The van der Waals surface area contributed by atoms with Gasteiger partial charge >= 0.3 is 0 Å². The molecule has 1 saturated heterocycles. The fourth-order valence-corrected chi connectivity index (χ4v) is 2.89. The normalized spacial score (nSPS) is 22.3. The third-order valence-electron chi connectivity index (χ3n) is 4.31. The molecular formula is C18H19NO. The maximum atomic E-state index is 12.8. The standard InChI is InChI=1S/C18H19NO/c1-14-8-10-16(11-9-14)19-13-12-18(2,17(19)20)15-6-4-3-5-7-15/h3-11H,12-13H2,1-2H3/t18-/m0/s1. The van der Waals surface area contributed by atoms with Gasteiger partial charge in [-0.3, -0.25) is 4.79 Å². The van der Waals surface area contributed by atoms with Crippen molar-refractivity contribution in [2.45, 2.75) is 25.7 Å². The molecular weight excluding hydrogens is 246 g/mol. The van der Waals surface area contributed by atoms with Gasteiger partial charge in [-0.1, -0.05) is 48.0 Å². The van der Waals surface area contributed by atoms with Gasteiger partial charge in [-0.05, 0) is 38.0 Å². The van der Waals surface area contributed by atoms with Crippen molar-refractivity contribution < 1.29 is 4.79 Å². The summed E-state index contributed by atoms with van der Waals surface area (Å²) in [7, 11) is 0. The van der Waals surface area contributed by atoms with Crippen LogP contribution in [0.3, 0.4) is 0 Å². The van der Waals surface area contributed by atoms with Gasteiger partial charge in [-0.15, -0.1) is 0 Å². The summed E-state index contributed by atoms with van der Waals surface area (Å²) in [6, 6.07) is 18.3. The number of rotatable bonds is 2. The molecule has 1 fully saturated rings. The number of aryl methyl sites for hydroxylation is 1. The molecule has 1 atom stereocenters. The smallest absolute Gasteiger partial charge is 0.237 e. The minimum absolute atomic E-state index is 0.201. The molecule has 0 saturated carbocycles. The van der Waals surface area contributed by atoms with E-state index in [0.717, 1.165) is 24.2 Å². The molecule has 20 heavy (non-hydrogen) atoms. The SMILES string of the molecule is Cc1ccc(N2CC[C@@](C)(c3ccccc3)C2=O)cc1. The van der Waals surface area contributed by atoms with Crippen LogP contribution in [0, 0.1) is 6.92 Å². The Morgan fingerprint density at radius 3 is 2.30 bits per heavy atom. The number of carbonyl (C=O) groups excluding carboxylic acids is 1. The Labute approximate surface area is 120 Å². The summed E-state index contributed by atoms with van der Waals surface area (Å²) >= 11 is 0. The lowest BCUT2D eigenvalue weighted by Crippen LogP contribution is -2.35. The minimum atomic E-state index is -0.397. The number of benzene rings is 2. The van der Waals surface area contributed by atoms with E-state index >= 15 is 0 Å². The number of nitrogens with zero attached hydrogens (tertiary/aromatic N) is 1. The van der Waals surface area contributed by atoms with Crippen molar-refractivity contribution >= 4 is 11.6 Å². The maximum Gasteiger partial charge on any atom is 0.237 e. The molecule has 1 amide bonds. The first-order valence-corrected chi connectivity index (χ1v) is 7.05. The molecule has 1 aliphatic rings. The summed E-state index contributed by atoms with van der Waals surface area (Å²) in [4.78, 5) is 14.7. The Morgan fingerprint density at radius 2 is 1.65 bits per heavy atom. The number of amides is 1. The predicted molar refractivity (Wildman–Crippen MR) is 81.9 cm³/mol. The van der Waals surface area contributed by atoms with Crippen molar-refractivity contribution in [3.8, 4) is 0 Å². The first-order chi connectivity index (χ1) is 9.61. The van der Waals surface area contributed by atoms with E-state index < -0.39 is 5.41 Å². The van der Waals surface area contributed by atoms with Gasteiger partial charge in [0.15, 0.2) is 0 Å². The van der Waals surface area contributed by atoms with Gasteiger partial charge in [-0.2, -0.15) is 0 Å². The Bertz CT molecular complexity index is 618. The number of carbonyl (C=O) groups is 1. The van der Waals surface area contributed by atoms with E-state index in [4.69, 9.17) is 0 Å². The summed E-state index contributed by atoms with van der Waals surface area (Å²) in [5.74, 6) is 0.201. The first kappa shape index (κ1) is 12.9. The quantitative estimate of drug-likeness (QED) is 0.811. The molecule has 0 aliphatic carbocycles. The maximum absolute atomic E-state index is 12.8. The molecule has 0 unspecified atom stereocenters. The molecule has 0 bridgehead atoms. The monoisotopic (exact) mass is 265 g/mol. The van der Waals surface area contributed by atoms with Crippen LogP contribution in [0.15, 0.2) is 54.6 Å². The first-order valence-electron chi connectivity index (χ1n) is 7.05. The summed E-state index contributed by atoms with van der Waals surface area (Å²) in [6.45, 7) is 4.90. The van der Waals surface area contributed by atoms with Crippen molar-refractivity contribution in [1.29, 1.82) is 0 Å². The third-order valence-corrected chi connectivity index (χ3v) is 4.31. The van der Waals surface area contributed by atoms with Crippen molar-refractivity contribution in [2.24, 2.45) is 0 Å². The van der Waals surface area contributed by atoms with Crippen LogP contribution in [0.4, 0.5) is 5.69 Å². The van der Waals surface area contributed by atoms with Crippen molar-refractivity contribution in [2.75, 3.05) is 11.4 Å². The van der Waals surface area contributed by atoms with Crippen LogP contribution in [-0.2, 0) is 10.2 Å². The van der Waals surface area contributed by atoms with Crippen molar-refractivity contribution in [3.05, 3.63) is 65.7 Å². The average Bonchev–Trinajstić information content (AvgIpc) is 2.79. The molecule has 1 heterocycles. The lowest BCUT2D eigenvalue weighted by molar-refractivity contribution is -0.121. The van der Waals surface area contributed by atoms with Gasteiger partial charge in [0.25, 0.3) is 0 Å². The van der Waals surface area contributed by atoms with E-state index in [0.29, 0.717) is 0 Å². The molecule has 102 valence electrons. The van der Waals surface area contributed by atoms with Gasteiger partial charge in [0.2, 0.25) is 5.91 Å². The van der Waals surface area contributed by atoms with Crippen LogP contribution in [0.1, 0.15) is 24.5 Å². The second kappa shape index (κ2) is 4.78. The second-order valence-corrected chi connectivity index (χ2v) is 5.74. The lowest BCUT2D eigenvalue weighted by atomic mass is 9.81. The van der Waals surface area contributed by atoms with Crippen LogP contribution in [-0.4, -0.2) is 12.5 Å². The van der Waals surface area contributed by atoms with Gasteiger partial charge in [0.1, 0.15) is 0 Å². The fraction of sp³-hybridized carbons (Fsp3) is 0.278. The minimum Gasteiger partial charge on any atom is -0.312 e. The molecule has 2 aromatic rings. The molecule has 2 nitrogen and oxygen atoms in total. The van der Waals surface area contributed by atoms with Gasteiger partial charge < -0.3 is 4.90 Å². The highest BCUT2D eigenvalue weighted by Gasteiger charge is 2.44. The Balaban J connectivity index is 1.93. The number of anilines is 1. The third kappa shape index (κ3) is 2.01. The van der Waals surface area contributed by atoms with E-state index in [1.54, 1.807) is 0 Å². The fourth-order valence-electron chi connectivity index (χ4n) is 2.89. The summed E-state index contributed by atoms with van der Waals surface area (Å²) in [5, 5.41) is 0. The zero-order chi connectivity index (χ0) is 14.2. The highest BCUT2D eigenvalue weighted by molar-refractivity contribution is 6.03. The van der Waals surface area contributed by atoms with Gasteiger partial charge in [0.05, 0.1) is 5.41 Å². The van der Waals surface area contributed by atoms with Crippen LogP contribution < -0.4 is 4.90 Å². The summed E-state index contributed by atoms with van der Waals surface area (Å²) < 4.78 is 0. The summed E-state index contributed by atoms with van der Waals surface area (Å²) in [5.41, 5.74) is 2.93. The molecule has 2 heteroatoms. The van der Waals surface area contributed by atoms with Gasteiger partial charge in [0, 0.05) is 12.2 Å². The lowest BCUT2D eigenvalue weighted by Gasteiger charge is -2.24. The zero-order valence-electron chi connectivity index (χ0n) is 12.0. The van der Waals surface area contributed by atoms with E-state index in [2.05, 4.69) is 38.1 Å². The van der Waals surface area contributed by atoms with Crippen LogP contribution in [0.2, 0.25) is 0 Å². The zero-order valence-corrected chi connectivity index (χ0v) is 12.0. The Hall–Kier alpha value is -2.09. The molecule has 0 N–H and O–H groups in total. The number of hydrogen-bond donors (Lipinski definition) is 0. The second-order valence-electron chi connectivity index (χ2n) is 5.74. The molecule has 3 rings (SSSR count). The Kier molecular flexibility index (Phi) is 3.09. The summed E-state index contributed by atoms with van der Waals surface area (Å²) in [6.07, 6.45) is 0.865. The topological polar surface area (TPSA) is 20.3 Å². The van der Waals surface area contributed by atoms with Crippen LogP contribution in [0.25, 0.3) is 0 Å². The largest absolute Gasteiger partial charge is 0.312 e. The average molecular weight is 265 g/mol. The highest BCUT2D eigenvalue weighted by Crippen LogP contribution is 2.37. The Morgan fingerprint density at radius 1 is 1.00 bits per heavy atom. The van der Waals surface area contributed by atoms with Crippen LogP contribution >= 0.6 is 0 Å². The molecule has 0 spiro atoms. The van der Waals surface area contributed by atoms with E-state index in [1.807, 2.05) is 35.2 Å². The molecule has 0 radical (unpaired) electrons. The van der Waals surface area contributed by atoms with Crippen LogP contribution in [0.5, 0.6) is 0 Å². The van der Waals surface area contributed by atoms with E-state index in [1.165, 1.54) is 5.56 Å². The highest BCUT2D eigenvalue weighted by atomic mass is 16.2. The predicted octanol–water partition coefficient (Wildman–Crippen LogP) is 3.69. The molecule has 2 aromatic carbocycles.